The molecule has 0 radical (unpaired) electrons. The summed E-state index contributed by atoms with van der Waals surface area (Å²) in [5.41, 5.74) is 19.2. The van der Waals surface area contributed by atoms with Crippen molar-refractivity contribution < 1.29 is 9.47 Å². The molecule has 174 valence electrons. The van der Waals surface area contributed by atoms with Gasteiger partial charge >= 0.3 is 0 Å². The number of fused-ring (bicyclic) bond motifs is 4. The summed E-state index contributed by atoms with van der Waals surface area (Å²) in [6.45, 7) is 4.00. The minimum absolute atomic E-state index is 0.0517. The van der Waals surface area contributed by atoms with Crippen LogP contribution < -0.4 is 20.9 Å². The molecule has 4 aliphatic rings. The van der Waals surface area contributed by atoms with Gasteiger partial charge in [0, 0.05) is 0 Å². The van der Waals surface area contributed by atoms with Gasteiger partial charge in [-0.15, -0.1) is 0 Å². The van der Waals surface area contributed by atoms with Crippen LogP contribution in [0.1, 0.15) is 68.2 Å². The number of hydrogen-bond acceptors (Lipinski definition) is 6. The van der Waals surface area contributed by atoms with Crippen LogP contribution >= 0.6 is 0 Å². The molecule has 2 heterocycles. The first-order chi connectivity index (χ1) is 16.0. The molecule has 0 bridgehead atoms. The summed E-state index contributed by atoms with van der Waals surface area (Å²) in [6.07, 6.45) is 10.5. The second kappa shape index (κ2) is 9.08. The summed E-state index contributed by atoms with van der Waals surface area (Å²) >= 11 is 0. The summed E-state index contributed by atoms with van der Waals surface area (Å²) in [5, 5.41) is 0. The zero-order valence-electron chi connectivity index (χ0n) is 19.7. The highest BCUT2D eigenvalue weighted by atomic mass is 16.5. The Labute approximate surface area is 196 Å². The van der Waals surface area contributed by atoms with Crippen molar-refractivity contribution in [2.75, 3.05) is 0 Å². The average molecular weight is 447 g/mol. The van der Waals surface area contributed by atoms with Gasteiger partial charge in [-0.25, -0.2) is 9.98 Å². The van der Waals surface area contributed by atoms with Crippen LogP contribution in [0.25, 0.3) is 0 Å². The highest BCUT2D eigenvalue weighted by Gasteiger charge is 2.23. The van der Waals surface area contributed by atoms with Crippen molar-refractivity contribution in [2.45, 2.75) is 83.8 Å². The Hall–Kier alpha value is -3.02. The van der Waals surface area contributed by atoms with E-state index in [4.69, 9.17) is 20.9 Å². The van der Waals surface area contributed by atoms with Crippen molar-refractivity contribution in [2.24, 2.45) is 21.5 Å². The van der Waals surface area contributed by atoms with E-state index in [0.717, 1.165) is 42.1 Å². The smallest absolute Gasteiger partial charge is 0.155 e. The maximum Gasteiger partial charge on any atom is 0.155 e. The van der Waals surface area contributed by atoms with Gasteiger partial charge in [-0.05, 0) is 111 Å². The van der Waals surface area contributed by atoms with E-state index in [1.165, 1.54) is 60.8 Å². The fourth-order valence-electron chi connectivity index (χ4n) is 5.06. The molecule has 0 amide bonds. The molecule has 6 heteroatoms. The van der Waals surface area contributed by atoms with Crippen LogP contribution in [0.3, 0.4) is 0 Å². The van der Waals surface area contributed by atoms with E-state index in [9.17, 15) is 0 Å². The molecular formula is C27H34N4O2. The Morgan fingerprint density at radius 1 is 0.727 bits per heavy atom. The first-order valence-corrected chi connectivity index (χ1v) is 12.3. The van der Waals surface area contributed by atoms with Gasteiger partial charge in [0.05, 0.1) is 0 Å². The number of aliphatic imine (C=N–C) groups is 2. The van der Waals surface area contributed by atoms with Crippen LogP contribution in [-0.4, -0.2) is 23.9 Å². The van der Waals surface area contributed by atoms with Crippen LogP contribution in [0, 0.1) is 0 Å². The van der Waals surface area contributed by atoms with Gasteiger partial charge in [0.25, 0.3) is 0 Å². The molecule has 0 saturated carbocycles. The molecule has 2 aliphatic carbocycles. The first-order valence-electron chi connectivity index (χ1n) is 12.3. The van der Waals surface area contributed by atoms with Crippen LogP contribution in [0.4, 0.5) is 11.4 Å². The monoisotopic (exact) mass is 446 g/mol. The van der Waals surface area contributed by atoms with E-state index < -0.39 is 0 Å². The predicted octanol–water partition coefficient (Wildman–Crippen LogP) is 5.06. The second-order valence-corrected chi connectivity index (χ2v) is 9.44. The lowest BCUT2D eigenvalue weighted by atomic mass is 9.91. The fourth-order valence-corrected chi connectivity index (χ4v) is 5.06. The zero-order chi connectivity index (χ0) is 22.9. The molecule has 0 aromatic heterocycles. The van der Waals surface area contributed by atoms with Crippen molar-refractivity contribution in [3.05, 3.63) is 46.5 Å². The number of nitrogens with two attached hydrogens (primary N) is 2. The minimum Gasteiger partial charge on any atom is -0.481 e. The molecule has 0 saturated heterocycles. The van der Waals surface area contributed by atoms with E-state index in [2.05, 4.69) is 41.2 Å². The minimum atomic E-state index is -0.103. The number of rotatable bonds is 1. The molecule has 0 fully saturated rings. The molecule has 4 N–H and O–H groups in total. The van der Waals surface area contributed by atoms with Crippen LogP contribution in [0.5, 0.6) is 11.5 Å². The van der Waals surface area contributed by atoms with Gasteiger partial charge in [0.2, 0.25) is 0 Å². The Bertz CT molecular complexity index is 1120. The Balaban J connectivity index is 0.000000139. The SMILES string of the molecule is CC1Oc2cc3c(cc2N=C1N)CCCC3.CCC1Oc2cc3c(cc2N=C1N)CCCC3. The lowest BCUT2D eigenvalue weighted by molar-refractivity contribution is 0.257. The Kier molecular flexibility index (Phi) is 6.00. The number of nitrogens with zero attached hydrogens (tertiary/aromatic N) is 2. The van der Waals surface area contributed by atoms with Crippen molar-refractivity contribution in [1.29, 1.82) is 0 Å². The Morgan fingerprint density at radius 2 is 1.18 bits per heavy atom. The zero-order valence-corrected chi connectivity index (χ0v) is 19.7. The number of benzene rings is 2. The van der Waals surface area contributed by atoms with Crippen molar-refractivity contribution in [3.63, 3.8) is 0 Å². The molecule has 2 unspecified atom stereocenters. The Morgan fingerprint density at radius 3 is 1.70 bits per heavy atom. The third-order valence-electron chi connectivity index (χ3n) is 7.04. The van der Waals surface area contributed by atoms with Gasteiger partial charge in [-0.3, -0.25) is 0 Å². The van der Waals surface area contributed by atoms with Crippen molar-refractivity contribution in [3.8, 4) is 11.5 Å². The lowest BCUT2D eigenvalue weighted by Crippen LogP contribution is -2.35. The fraction of sp³-hybridized carbons (Fsp3) is 0.481. The van der Waals surface area contributed by atoms with Crippen LogP contribution in [-0.2, 0) is 25.7 Å². The normalized spacial score (nSPS) is 22.5. The molecule has 2 aromatic rings. The van der Waals surface area contributed by atoms with E-state index in [-0.39, 0.29) is 12.2 Å². The number of amidine groups is 2. The van der Waals surface area contributed by atoms with Crippen LogP contribution in [0.15, 0.2) is 34.3 Å². The predicted molar refractivity (Wildman–Crippen MR) is 134 cm³/mol. The van der Waals surface area contributed by atoms with Gasteiger partial charge in [0.15, 0.2) is 12.2 Å². The number of aryl methyl sites for hydroxylation is 4. The van der Waals surface area contributed by atoms with E-state index in [1.54, 1.807) is 0 Å². The first kappa shape index (κ1) is 21.8. The molecule has 2 aliphatic heterocycles. The quantitative estimate of drug-likeness (QED) is 0.640. The lowest BCUT2D eigenvalue weighted by Gasteiger charge is -2.25. The standard InChI is InChI=1S/C14H18N2O.C13H16N2O/c1-2-12-14(15)16-11-7-9-5-3-4-6-10(9)8-13(11)17-12;1-8-13(14)15-11-6-9-4-2-3-5-10(9)7-12(11)16-8/h7-8,12H,2-6H2,1H3,(H2,15,16);6-8H,2-5H2,1H3,(H2,14,15). The topological polar surface area (TPSA) is 95.2 Å². The van der Waals surface area contributed by atoms with Crippen molar-refractivity contribution >= 4 is 23.0 Å². The van der Waals surface area contributed by atoms with Gasteiger partial charge in [-0.2, -0.15) is 0 Å². The van der Waals surface area contributed by atoms with Gasteiger partial charge in [0.1, 0.15) is 34.5 Å². The van der Waals surface area contributed by atoms with Crippen LogP contribution in [0.2, 0.25) is 0 Å². The molecule has 33 heavy (non-hydrogen) atoms. The number of ether oxygens (including phenoxy) is 2. The third-order valence-corrected chi connectivity index (χ3v) is 7.04. The molecule has 0 spiro atoms. The summed E-state index contributed by atoms with van der Waals surface area (Å²) in [7, 11) is 0. The molecule has 2 atom stereocenters. The second-order valence-electron chi connectivity index (χ2n) is 9.44. The molecular weight excluding hydrogens is 412 g/mol. The van der Waals surface area contributed by atoms with Gasteiger partial charge < -0.3 is 20.9 Å². The maximum absolute atomic E-state index is 5.91. The van der Waals surface area contributed by atoms with E-state index >= 15 is 0 Å². The van der Waals surface area contributed by atoms with Gasteiger partial charge in [-0.1, -0.05) is 6.92 Å². The molecule has 6 rings (SSSR count). The molecule has 6 nitrogen and oxygen atoms in total. The highest BCUT2D eigenvalue weighted by molar-refractivity contribution is 5.90. The average Bonchev–Trinajstić information content (AvgIpc) is 2.82. The molecule has 2 aromatic carbocycles. The summed E-state index contributed by atoms with van der Waals surface area (Å²) in [6, 6.07) is 8.61. The van der Waals surface area contributed by atoms with Crippen molar-refractivity contribution in [1.82, 2.24) is 0 Å². The summed E-state index contributed by atoms with van der Waals surface area (Å²) in [5.74, 6) is 2.98. The summed E-state index contributed by atoms with van der Waals surface area (Å²) < 4.78 is 11.7. The highest BCUT2D eigenvalue weighted by Crippen LogP contribution is 2.38. The van der Waals surface area contributed by atoms with E-state index in [0.29, 0.717) is 11.7 Å². The third kappa shape index (κ3) is 4.43. The number of hydrogen-bond donors (Lipinski definition) is 2. The largest absolute Gasteiger partial charge is 0.481 e. The van der Waals surface area contributed by atoms with E-state index in [1.807, 2.05) is 6.92 Å². The maximum atomic E-state index is 5.91. The summed E-state index contributed by atoms with van der Waals surface area (Å²) in [4.78, 5) is 8.88.